The fraction of sp³-hybridized carbons (Fsp3) is 0.600. The molecule has 2 aliphatic heterocycles. The highest BCUT2D eigenvalue weighted by Gasteiger charge is 2.43. The van der Waals surface area contributed by atoms with E-state index in [-0.39, 0.29) is 17.1 Å². The number of para-hydroxylation sites is 1. The molecule has 1 unspecified atom stereocenters. The highest BCUT2D eigenvalue weighted by atomic mass is 16.5. The molecule has 6 nitrogen and oxygen atoms in total. The number of rotatable bonds is 5. The van der Waals surface area contributed by atoms with Crippen molar-refractivity contribution in [1.29, 1.82) is 0 Å². The third-order valence-electron chi connectivity index (χ3n) is 5.65. The van der Waals surface area contributed by atoms with Crippen molar-refractivity contribution in [3.63, 3.8) is 0 Å². The van der Waals surface area contributed by atoms with Gasteiger partial charge in [-0.05, 0) is 31.9 Å². The largest absolute Gasteiger partial charge is 0.493 e. The van der Waals surface area contributed by atoms with E-state index in [1.54, 1.807) is 19.1 Å². The fourth-order valence-corrected chi connectivity index (χ4v) is 4.43. The number of carbonyl (C=O) groups excluding carboxylic acids is 2. The van der Waals surface area contributed by atoms with Crippen molar-refractivity contribution in [1.82, 2.24) is 9.80 Å². The SMILES string of the molecule is COc1cccc(CN2CCCC3(CCN(C(=O)C(C)=O)C3)C2)c1OC. The van der Waals surface area contributed by atoms with Crippen molar-refractivity contribution in [3.8, 4) is 11.5 Å². The Morgan fingerprint density at radius 3 is 2.62 bits per heavy atom. The average Bonchev–Trinajstić information content (AvgIpc) is 3.03. The third kappa shape index (κ3) is 3.70. The fourth-order valence-electron chi connectivity index (χ4n) is 4.43. The minimum absolute atomic E-state index is 0.107. The first-order valence-corrected chi connectivity index (χ1v) is 9.20. The highest BCUT2D eigenvalue weighted by molar-refractivity contribution is 6.35. The third-order valence-corrected chi connectivity index (χ3v) is 5.65. The van der Waals surface area contributed by atoms with Crippen molar-refractivity contribution in [2.24, 2.45) is 5.41 Å². The lowest BCUT2D eigenvalue weighted by Gasteiger charge is -2.40. The topological polar surface area (TPSA) is 59.1 Å². The number of Topliss-reactive ketones (excluding diaryl/α,β-unsaturated/α-hetero) is 1. The van der Waals surface area contributed by atoms with Crippen LogP contribution in [0.2, 0.25) is 0 Å². The first-order chi connectivity index (χ1) is 12.5. The summed E-state index contributed by atoms with van der Waals surface area (Å²) in [7, 11) is 3.32. The highest BCUT2D eigenvalue weighted by Crippen LogP contribution is 2.40. The maximum atomic E-state index is 12.0. The molecule has 0 aromatic heterocycles. The van der Waals surface area contributed by atoms with Crippen LogP contribution < -0.4 is 9.47 Å². The number of methoxy groups -OCH3 is 2. The second-order valence-electron chi connectivity index (χ2n) is 7.50. The molecule has 0 N–H and O–H groups in total. The zero-order chi connectivity index (χ0) is 18.7. The van der Waals surface area contributed by atoms with E-state index in [9.17, 15) is 9.59 Å². The Hall–Kier alpha value is -2.08. The smallest absolute Gasteiger partial charge is 0.289 e. The standard InChI is InChI=1S/C20H28N2O4/c1-15(23)19(24)22-11-9-20(14-22)8-5-10-21(13-20)12-16-6-4-7-17(25-2)18(16)26-3/h4,6-7H,5,8-14H2,1-3H3. The number of hydrogen-bond donors (Lipinski definition) is 0. The summed E-state index contributed by atoms with van der Waals surface area (Å²) in [5.74, 6) is 0.828. The second kappa shape index (κ2) is 7.66. The molecule has 2 saturated heterocycles. The number of benzene rings is 1. The van der Waals surface area contributed by atoms with Crippen LogP contribution in [0.4, 0.5) is 0 Å². The molecule has 26 heavy (non-hydrogen) atoms. The monoisotopic (exact) mass is 360 g/mol. The number of ketones is 1. The van der Waals surface area contributed by atoms with Crippen LogP contribution in [0, 0.1) is 5.41 Å². The van der Waals surface area contributed by atoms with E-state index in [1.165, 1.54) is 6.92 Å². The molecule has 0 bridgehead atoms. The van der Waals surface area contributed by atoms with Crippen LogP contribution in [0.15, 0.2) is 18.2 Å². The van der Waals surface area contributed by atoms with Gasteiger partial charge in [-0.2, -0.15) is 0 Å². The van der Waals surface area contributed by atoms with Crippen LogP contribution in [0.25, 0.3) is 0 Å². The van der Waals surface area contributed by atoms with Gasteiger partial charge in [0.1, 0.15) is 0 Å². The lowest BCUT2D eigenvalue weighted by atomic mass is 9.79. The molecule has 0 aliphatic carbocycles. The summed E-state index contributed by atoms with van der Waals surface area (Å²) in [6.07, 6.45) is 3.19. The van der Waals surface area contributed by atoms with Gasteiger partial charge in [-0.15, -0.1) is 0 Å². The minimum Gasteiger partial charge on any atom is -0.493 e. The molecule has 142 valence electrons. The maximum Gasteiger partial charge on any atom is 0.289 e. The van der Waals surface area contributed by atoms with Gasteiger partial charge in [0.05, 0.1) is 14.2 Å². The maximum absolute atomic E-state index is 12.0. The van der Waals surface area contributed by atoms with Crippen molar-refractivity contribution < 1.29 is 19.1 Å². The lowest BCUT2D eigenvalue weighted by molar-refractivity contribution is -0.143. The van der Waals surface area contributed by atoms with Crippen molar-refractivity contribution in [2.75, 3.05) is 40.4 Å². The molecule has 2 aliphatic rings. The number of ether oxygens (including phenoxy) is 2. The number of piperidine rings is 1. The lowest BCUT2D eigenvalue weighted by Crippen LogP contribution is -2.45. The number of amides is 1. The van der Waals surface area contributed by atoms with E-state index < -0.39 is 0 Å². The Bertz CT molecular complexity index is 690. The number of likely N-dealkylation sites (tertiary alicyclic amines) is 2. The van der Waals surface area contributed by atoms with Gasteiger partial charge >= 0.3 is 0 Å². The average molecular weight is 360 g/mol. The number of nitrogens with zero attached hydrogens (tertiary/aromatic N) is 2. The zero-order valence-electron chi connectivity index (χ0n) is 15.9. The Labute approximate surface area is 155 Å². The summed E-state index contributed by atoms with van der Waals surface area (Å²) < 4.78 is 11.0. The summed E-state index contributed by atoms with van der Waals surface area (Å²) in [4.78, 5) is 27.6. The van der Waals surface area contributed by atoms with Crippen LogP contribution in [0.3, 0.4) is 0 Å². The van der Waals surface area contributed by atoms with E-state index in [4.69, 9.17) is 9.47 Å². The van der Waals surface area contributed by atoms with Crippen LogP contribution in [0.1, 0.15) is 31.7 Å². The van der Waals surface area contributed by atoms with Crippen LogP contribution >= 0.6 is 0 Å². The minimum atomic E-state index is -0.365. The van der Waals surface area contributed by atoms with Crippen molar-refractivity contribution in [3.05, 3.63) is 23.8 Å². The van der Waals surface area contributed by atoms with Gasteiger partial charge < -0.3 is 14.4 Å². The Kier molecular flexibility index (Phi) is 5.51. The quantitative estimate of drug-likeness (QED) is 0.753. The Morgan fingerprint density at radius 2 is 1.92 bits per heavy atom. The van der Waals surface area contributed by atoms with E-state index in [1.807, 2.05) is 12.1 Å². The van der Waals surface area contributed by atoms with E-state index in [0.717, 1.165) is 56.0 Å². The molecule has 0 saturated carbocycles. The van der Waals surface area contributed by atoms with Crippen LogP contribution in [0.5, 0.6) is 11.5 Å². The Balaban J connectivity index is 1.70. The molecule has 0 radical (unpaired) electrons. The molecule has 1 atom stereocenters. The second-order valence-corrected chi connectivity index (χ2v) is 7.50. The number of hydrogen-bond acceptors (Lipinski definition) is 5. The van der Waals surface area contributed by atoms with Gasteiger partial charge in [0.2, 0.25) is 5.78 Å². The van der Waals surface area contributed by atoms with Gasteiger partial charge in [0.25, 0.3) is 5.91 Å². The molecule has 2 heterocycles. The molecule has 3 rings (SSSR count). The molecular weight excluding hydrogens is 332 g/mol. The number of carbonyl (C=O) groups is 2. The normalized spacial score (nSPS) is 23.3. The molecule has 1 amide bonds. The summed E-state index contributed by atoms with van der Waals surface area (Å²) in [6, 6.07) is 5.96. The van der Waals surface area contributed by atoms with E-state index in [0.29, 0.717) is 13.1 Å². The zero-order valence-corrected chi connectivity index (χ0v) is 15.9. The first-order valence-electron chi connectivity index (χ1n) is 9.20. The predicted molar refractivity (Wildman–Crippen MR) is 98.4 cm³/mol. The molecule has 2 fully saturated rings. The summed E-state index contributed by atoms with van der Waals surface area (Å²) >= 11 is 0. The van der Waals surface area contributed by atoms with E-state index in [2.05, 4.69) is 11.0 Å². The van der Waals surface area contributed by atoms with Crippen LogP contribution in [-0.2, 0) is 16.1 Å². The van der Waals surface area contributed by atoms with Gasteiger partial charge in [-0.1, -0.05) is 12.1 Å². The Morgan fingerprint density at radius 1 is 1.12 bits per heavy atom. The predicted octanol–water partition coefficient (Wildman–Crippen LogP) is 2.11. The van der Waals surface area contributed by atoms with Crippen LogP contribution in [-0.4, -0.2) is 61.9 Å². The molecule has 1 spiro atoms. The van der Waals surface area contributed by atoms with Crippen molar-refractivity contribution >= 4 is 11.7 Å². The summed E-state index contributed by atoms with van der Waals surface area (Å²) in [6.45, 7) is 5.50. The van der Waals surface area contributed by atoms with Gasteiger partial charge in [-0.3, -0.25) is 14.5 Å². The molecule has 1 aromatic carbocycles. The van der Waals surface area contributed by atoms with Gasteiger partial charge in [-0.25, -0.2) is 0 Å². The van der Waals surface area contributed by atoms with Gasteiger partial charge in [0, 0.05) is 44.1 Å². The van der Waals surface area contributed by atoms with E-state index >= 15 is 0 Å². The molecular formula is C20H28N2O4. The van der Waals surface area contributed by atoms with Gasteiger partial charge in [0.15, 0.2) is 11.5 Å². The molecule has 6 heteroatoms. The first kappa shape index (κ1) is 18.7. The summed E-state index contributed by atoms with van der Waals surface area (Å²) in [5, 5.41) is 0. The summed E-state index contributed by atoms with van der Waals surface area (Å²) in [5.41, 5.74) is 1.22. The molecule has 1 aromatic rings. The van der Waals surface area contributed by atoms with Crippen molar-refractivity contribution in [2.45, 2.75) is 32.7 Å².